The summed E-state index contributed by atoms with van der Waals surface area (Å²) in [7, 11) is -6.32. The van der Waals surface area contributed by atoms with Gasteiger partial charge in [0.1, 0.15) is 0 Å². The standard InChI is InChI=1S/C123H77N17SSi2/c1-5-34-83(35-6-1)142(84-36-7-2-8-37-84,89-42-31-33-82(77-89)133-99-50-19-13-43-90(99)91-44-14-20-51-100(91)133)87-69-63-78(64-70-87)116-129-119(138-108-58-27-24-55-105(108)135-103-54-23-18-49-96(103)124-121(135)138)132-120(130-116)139-110-60-29-26-57-107(110)137-111-76-81(67-73-97(111)125-122(137)139)80-68-74-104-98(75-80)126-123-136(104)106-56-25-28-59-109(106)140(123)118-128-115(127-117(131-118)134-101-52-21-15-45-92(101)93-46-16-22-53-102(93)134)79-65-71-88(72-66-79)143(85-38-9-3-10-39-85,86-40-11-4-12-41-86)113-62-32-48-95-94-47-17-30-61-112(94)141-114(95)113/h1-77H. The molecule has 0 aliphatic heterocycles. The van der Waals surface area contributed by atoms with Crippen LogP contribution in [0.5, 0.6) is 0 Å². The van der Waals surface area contributed by atoms with Crippen molar-refractivity contribution < 1.29 is 0 Å². The van der Waals surface area contributed by atoms with Crippen LogP contribution in [0.4, 0.5) is 0 Å². The summed E-state index contributed by atoms with van der Waals surface area (Å²) in [5, 5.41) is 17.3. The molecule has 0 amide bonds. The second-order valence-corrected chi connectivity index (χ2v) is 45.4. The molecule has 11 aromatic heterocycles. The van der Waals surface area contributed by atoms with Crippen molar-refractivity contribution in [3.8, 4) is 63.4 Å². The lowest BCUT2D eigenvalue weighted by Gasteiger charge is -2.35. The quantitative estimate of drug-likeness (QED) is 0.0679. The molecular weight excluding hydrogens is 1800 g/mol. The summed E-state index contributed by atoms with van der Waals surface area (Å²) in [5.74, 6) is 4.60. The first-order valence-corrected chi connectivity index (χ1v) is 52.9. The second kappa shape index (κ2) is 31.4. The highest BCUT2D eigenvalue weighted by Gasteiger charge is 2.45. The molecule has 20 heteroatoms. The van der Waals surface area contributed by atoms with Crippen LogP contribution >= 0.6 is 11.3 Å². The molecule has 0 fully saturated rings. The lowest BCUT2D eigenvalue weighted by molar-refractivity contribution is 0.877. The van der Waals surface area contributed by atoms with Crippen molar-refractivity contribution in [2.75, 3.05) is 0 Å². The van der Waals surface area contributed by atoms with Gasteiger partial charge < -0.3 is 4.57 Å². The van der Waals surface area contributed by atoms with E-state index in [1.165, 1.54) is 72.4 Å². The molecule has 0 bridgehead atoms. The number of nitrogens with zero attached hydrogens (tertiary/aromatic N) is 17. The third-order valence-corrected chi connectivity index (χ3v) is 40.3. The van der Waals surface area contributed by atoms with Gasteiger partial charge in [0.2, 0.25) is 41.1 Å². The van der Waals surface area contributed by atoms with Gasteiger partial charge in [-0.1, -0.05) is 352 Å². The van der Waals surface area contributed by atoms with E-state index < -0.39 is 16.1 Å². The second-order valence-electron chi connectivity index (χ2n) is 36.8. The molecule has 30 aromatic rings. The van der Waals surface area contributed by atoms with Gasteiger partial charge in [-0.05, 0) is 168 Å². The van der Waals surface area contributed by atoms with E-state index in [-0.39, 0.29) is 0 Å². The number of thiophene rings is 1. The Morgan fingerprint density at radius 2 is 0.517 bits per heavy atom. The zero-order valence-electron chi connectivity index (χ0n) is 76.5. The summed E-state index contributed by atoms with van der Waals surface area (Å²) in [6.45, 7) is 0. The Labute approximate surface area is 821 Å². The Hall–Kier alpha value is -18.7. The summed E-state index contributed by atoms with van der Waals surface area (Å²) >= 11 is 1.89. The average Bonchev–Trinajstić information content (AvgIpc) is 1.59. The molecule has 0 atom stereocenters. The smallest absolute Gasteiger partial charge is 0.242 e. The number of hydrogen-bond donors (Lipinski definition) is 0. The van der Waals surface area contributed by atoms with Crippen molar-refractivity contribution in [1.82, 2.24) is 80.9 Å². The molecule has 0 aliphatic rings. The Kier molecular flexibility index (Phi) is 17.6. The van der Waals surface area contributed by atoms with E-state index in [1.54, 1.807) is 0 Å². The maximum atomic E-state index is 5.71. The van der Waals surface area contributed by atoms with E-state index >= 15 is 0 Å². The Morgan fingerprint density at radius 1 is 0.182 bits per heavy atom. The first-order chi connectivity index (χ1) is 70.9. The molecule has 0 radical (unpaired) electrons. The molecule has 0 spiro atoms. The fourth-order valence-corrected chi connectivity index (χ4v) is 34.5. The van der Waals surface area contributed by atoms with Gasteiger partial charge in [-0.15, -0.1) is 11.3 Å². The molecule has 0 N–H and O–H groups in total. The number of imidazole rings is 6. The number of rotatable bonds is 16. The molecular formula is C123H77N17SSi2. The molecule has 19 aromatic carbocycles. The van der Waals surface area contributed by atoms with Gasteiger partial charge in [-0.2, -0.15) is 29.9 Å². The van der Waals surface area contributed by atoms with Crippen LogP contribution in [0.2, 0.25) is 0 Å². The maximum absolute atomic E-state index is 5.71. The largest absolute Gasteiger partial charge is 0.309 e. The first kappa shape index (κ1) is 80.4. The third kappa shape index (κ3) is 11.9. The molecule has 17 nitrogen and oxygen atoms in total. The highest BCUT2D eigenvalue weighted by atomic mass is 32.1. The fraction of sp³-hybridized carbons (Fsp3) is 0. The fourth-order valence-electron chi connectivity index (χ4n) is 23.2. The maximum Gasteiger partial charge on any atom is 0.242 e. The molecule has 11 heterocycles. The van der Waals surface area contributed by atoms with Crippen LogP contribution in [0.25, 0.3) is 211 Å². The third-order valence-electron chi connectivity index (χ3n) is 29.3. The monoisotopic (exact) mass is 1880 g/mol. The van der Waals surface area contributed by atoms with Crippen LogP contribution in [0, 0.1) is 0 Å². The number of para-hydroxylation sites is 12. The SMILES string of the molecule is c1ccc([Si](c2ccccc2)(c2ccc(-c3nc(-n4c5ccccc5n5c6ccccc6nc45)nc(-n4c5ccccc5n5c6cc(-c7ccc8c(c7)nc7n(-c9nc(-c%10ccc([Si](c%11ccccc%11)(c%11ccccc%11)c%11cccc%12c%11sc%11ccccc%11%12)cc%10)nc(-n%10c%11ccccc%11c%11ccccc%11%10)n9)c9ccccc9n87)ccc6nc45)n3)cc2)c2cccc(-n3c4ccccc4c4ccccc43)c2)cc1. The molecule has 0 aliphatic carbocycles. The van der Waals surface area contributed by atoms with Crippen LogP contribution in [-0.2, 0) is 0 Å². The van der Waals surface area contributed by atoms with Crippen LogP contribution in [0.3, 0.4) is 0 Å². The van der Waals surface area contributed by atoms with Crippen molar-refractivity contribution in [1.29, 1.82) is 0 Å². The minimum atomic E-state index is -3.20. The predicted octanol–water partition coefficient (Wildman–Crippen LogP) is 22.6. The zero-order valence-corrected chi connectivity index (χ0v) is 79.3. The average molecular weight is 1880 g/mol. The highest BCUT2D eigenvalue weighted by Crippen LogP contribution is 2.42. The van der Waals surface area contributed by atoms with Crippen LogP contribution in [0.15, 0.2) is 467 Å². The number of benzene rings is 19. The van der Waals surface area contributed by atoms with E-state index in [2.05, 4.69) is 497 Å². The molecule has 30 rings (SSSR count). The summed E-state index contributed by atoms with van der Waals surface area (Å²) in [6.07, 6.45) is 0. The lowest BCUT2D eigenvalue weighted by atomic mass is 10.0. The van der Waals surface area contributed by atoms with Crippen LogP contribution in [-0.4, -0.2) is 97.0 Å². The summed E-state index contributed by atoms with van der Waals surface area (Å²) in [4.78, 5) is 50.6. The molecule has 143 heavy (non-hydrogen) atoms. The van der Waals surface area contributed by atoms with E-state index in [0.29, 0.717) is 52.8 Å². The van der Waals surface area contributed by atoms with E-state index in [9.17, 15) is 0 Å². The summed E-state index contributed by atoms with van der Waals surface area (Å²) in [6, 6.07) is 169. The number of hydrogen-bond acceptors (Lipinski definition) is 10. The summed E-state index contributed by atoms with van der Waals surface area (Å²) < 4.78 is 20.2. The van der Waals surface area contributed by atoms with E-state index in [4.69, 9.17) is 44.9 Å². The number of fused-ring (bicyclic) bond motifs is 24. The Bertz CT molecular complexity index is 10300. The van der Waals surface area contributed by atoms with Crippen molar-refractivity contribution in [2.45, 2.75) is 0 Å². The molecule has 668 valence electrons. The van der Waals surface area contributed by atoms with Gasteiger partial charge in [-0.3, -0.25) is 17.8 Å². The minimum absolute atomic E-state index is 0.380. The Morgan fingerprint density at radius 3 is 1.01 bits per heavy atom. The van der Waals surface area contributed by atoms with Crippen molar-refractivity contribution in [3.05, 3.63) is 467 Å². The lowest BCUT2D eigenvalue weighted by Crippen LogP contribution is -2.74. The first-order valence-electron chi connectivity index (χ1n) is 48.1. The summed E-state index contributed by atoms with van der Waals surface area (Å²) in [5.41, 5.74) is 19.6. The van der Waals surface area contributed by atoms with E-state index in [1.807, 2.05) is 17.4 Å². The molecule has 0 unspecified atom stereocenters. The van der Waals surface area contributed by atoms with Gasteiger partial charge in [-0.25, -0.2) is 28.7 Å². The molecule has 0 saturated heterocycles. The van der Waals surface area contributed by atoms with Crippen molar-refractivity contribution in [3.63, 3.8) is 0 Å². The highest BCUT2D eigenvalue weighted by molar-refractivity contribution is 7.30. The minimum Gasteiger partial charge on any atom is -0.309 e. The van der Waals surface area contributed by atoms with Crippen LogP contribution in [0.1, 0.15) is 0 Å². The van der Waals surface area contributed by atoms with Crippen LogP contribution < -0.4 is 41.5 Å². The van der Waals surface area contributed by atoms with Crippen molar-refractivity contribution in [2.24, 2.45) is 0 Å². The van der Waals surface area contributed by atoms with Gasteiger partial charge in [0, 0.05) is 58.5 Å². The normalized spacial score (nSPS) is 12.3. The predicted molar refractivity (Wildman–Crippen MR) is 588 cm³/mol. The van der Waals surface area contributed by atoms with Crippen molar-refractivity contribution >= 4 is 216 Å². The zero-order chi connectivity index (χ0) is 93.7. The molecule has 0 saturated carbocycles. The van der Waals surface area contributed by atoms with Gasteiger partial charge in [0.05, 0.1) is 88.3 Å². The topological polar surface area (TPSA) is 154 Å². The van der Waals surface area contributed by atoms with Gasteiger partial charge in [0.25, 0.3) is 0 Å². The number of aromatic nitrogens is 17. The van der Waals surface area contributed by atoms with Gasteiger partial charge >= 0.3 is 0 Å². The van der Waals surface area contributed by atoms with Gasteiger partial charge in [0.15, 0.2) is 27.8 Å². The van der Waals surface area contributed by atoms with E-state index in [0.717, 1.165) is 127 Å². The Balaban J connectivity index is 0.570.